The van der Waals surface area contributed by atoms with Gasteiger partial charge in [0.15, 0.2) is 5.78 Å². The Labute approximate surface area is 187 Å². The van der Waals surface area contributed by atoms with Crippen molar-refractivity contribution in [2.24, 2.45) is 0 Å². The van der Waals surface area contributed by atoms with Gasteiger partial charge in [-0.2, -0.15) is 0 Å². The minimum Gasteiger partial charge on any atom is -0.300 e. The number of Topliss-reactive ketones (excluding diaryl/α,β-unsaturated/α-hetero) is 2. The molecule has 0 N–H and O–H groups in total. The van der Waals surface area contributed by atoms with E-state index in [-0.39, 0.29) is 5.78 Å². The lowest BCUT2D eigenvalue weighted by Crippen LogP contribution is -2.34. The van der Waals surface area contributed by atoms with Crippen molar-refractivity contribution >= 4 is 11.6 Å². The number of carbonyl (C=O) groups excluding carboxylic acids is 2. The molecule has 0 saturated carbocycles. The van der Waals surface area contributed by atoms with Crippen molar-refractivity contribution in [2.45, 2.75) is 78.2 Å². The smallest absolute Gasteiger partial charge is 0.159 e. The zero-order chi connectivity index (χ0) is 22.2. The molecule has 1 aliphatic rings. The number of rotatable bonds is 11. The van der Waals surface area contributed by atoms with Gasteiger partial charge in [-0.15, -0.1) is 0 Å². The Morgan fingerprint density at radius 1 is 1.06 bits per heavy atom. The van der Waals surface area contributed by atoms with E-state index < -0.39 is 0 Å². The van der Waals surface area contributed by atoms with Gasteiger partial charge in [0.25, 0.3) is 0 Å². The van der Waals surface area contributed by atoms with Crippen molar-refractivity contribution in [2.75, 3.05) is 13.1 Å². The molecule has 1 aliphatic carbocycles. The molecular weight excluding hydrogens is 382 g/mol. The summed E-state index contributed by atoms with van der Waals surface area (Å²) in [5, 5.41) is 0. The van der Waals surface area contributed by atoms with Crippen LogP contribution in [-0.4, -0.2) is 29.6 Å². The predicted octanol–water partition coefficient (Wildman–Crippen LogP) is 6.27. The van der Waals surface area contributed by atoms with E-state index in [4.69, 9.17) is 0 Å². The van der Waals surface area contributed by atoms with Gasteiger partial charge in [0, 0.05) is 31.0 Å². The van der Waals surface area contributed by atoms with E-state index in [1.807, 2.05) is 13.0 Å². The molecule has 0 heterocycles. The van der Waals surface area contributed by atoms with Gasteiger partial charge in [-0.05, 0) is 87.2 Å². The lowest BCUT2D eigenvalue weighted by Gasteiger charge is -2.36. The summed E-state index contributed by atoms with van der Waals surface area (Å²) in [4.78, 5) is 26.2. The molecule has 31 heavy (non-hydrogen) atoms. The topological polar surface area (TPSA) is 37.4 Å². The molecule has 0 spiro atoms. The van der Waals surface area contributed by atoms with Gasteiger partial charge in [0.05, 0.1) is 0 Å². The summed E-state index contributed by atoms with van der Waals surface area (Å²) in [5.74, 6) is 0.508. The summed E-state index contributed by atoms with van der Waals surface area (Å²) in [6.45, 7) is 7.82. The highest BCUT2D eigenvalue weighted by Crippen LogP contribution is 2.35. The quantitative estimate of drug-likeness (QED) is 0.318. The maximum atomic E-state index is 11.9. The molecule has 0 fully saturated rings. The first kappa shape index (κ1) is 23.4. The average Bonchev–Trinajstić information content (AvgIpc) is 2.78. The van der Waals surface area contributed by atoms with Crippen LogP contribution >= 0.6 is 0 Å². The third kappa shape index (κ3) is 6.36. The van der Waals surface area contributed by atoms with E-state index in [0.717, 1.165) is 57.2 Å². The number of unbranched alkanes of at least 4 members (excludes halogenated alkanes) is 1. The summed E-state index contributed by atoms with van der Waals surface area (Å²) in [7, 11) is 0. The van der Waals surface area contributed by atoms with Crippen LogP contribution in [0.2, 0.25) is 0 Å². The Hall–Kier alpha value is -2.26. The minimum atomic E-state index is 0.141. The second-order valence-electron chi connectivity index (χ2n) is 8.94. The zero-order valence-electron chi connectivity index (χ0n) is 19.5. The van der Waals surface area contributed by atoms with Crippen LogP contribution < -0.4 is 0 Å². The number of benzene rings is 2. The molecule has 166 valence electrons. The SMILES string of the molecule is CCC(=O)CCCCN(CCc1ccccc1C)C1CCCc2cc(C(C)=O)ccc21. The van der Waals surface area contributed by atoms with E-state index in [0.29, 0.717) is 24.7 Å². The zero-order valence-corrected chi connectivity index (χ0v) is 19.5. The first-order valence-electron chi connectivity index (χ1n) is 11.9. The normalized spacial score (nSPS) is 15.7. The molecule has 2 aromatic rings. The third-order valence-electron chi connectivity index (χ3n) is 6.75. The first-order chi connectivity index (χ1) is 15.0. The molecule has 0 bridgehead atoms. The van der Waals surface area contributed by atoms with Gasteiger partial charge in [0.2, 0.25) is 0 Å². The van der Waals surface area contributed by atoms with Gasteiger partial charge in [-0.1, -0.05) is 43.3 Å². The number of carbonyl (C=O) groups is 2. The van der Waals surface area contributed by atoms with Crippen LogP contribution in [0.1, 0.15) is 91.0 Å². The number of fused-ring (bicyclic) bond motifs is 1. The highest BCUT2D eigenvalue weighted by atomic mass is 16.1. The van der Waals surface area contributed by atoms with Crippen LogP contribution in [0.3, 0.4) is 0 Å². The highest BCUT2D eigenvalue weighted by molar-refractivity contribution is 5.94. The second kappa shape index (κ2) is 11.4. The molecule has 3 heteroatoms. The Bertz CT molecular complexity index is 902. The molecular formula is C28H37NO2. The largest absolute Gasteiger partial charge is 0.300 e. The maximum absolute atomic E-state index is 11.9. The van der Waals surface area contributed by atoms with Crippen molar-refractivity contribution < 1.29 is 9.59 Å². The second-order valence-corrected chi connectivity index (χ2v) is 8.94. The van der Waals surface area contributed by atoms with Gasteiger partial charge in [0.1, 0.15) is 5.78 Å². The molecule has 1 atom stereocenters. The Balaban J connectivity index is 1.76. The van der Waals surface area contributed by atoms with E-state index in [9.17, 15) is 9.59 Å². The predicted molar refractivity (Wildman–Crippen MR) is 128 cm³/mol. The van der Waals surface area contributed by atoms with Crippen LogP contribution in [-0.2, 0) is 17.6 Å². The van der Waals surface area contributed by atoms with Crippen LogP contribution in [0.4, 0.5) is 0 Å². The molecule has 0 saturated heterocycles. The Morgan fingerprint density at radius 3 is 2.61 bits per heavy atom. The van der Waals surface area contributed by atoms with E-state index in [2.05, 4.69) is 48.2 Å². The summed E-state index contributed by atoms with van der Waals surface area (Å²) in [6.07, 6.45) is 7.79. The number of aryl methyl sites for hydroxylation is 2. The average molecular weight is 420 g/mol. The monoisotopic (exact) mass is 419 g/mol. The minimum absolute atomic E-state index is 0.141. The number of hydrogen-bond donors (Lipinski definition) is 0. The maximum Gasteiger partial charge on any atom is 0.159 e. The van der Waals surface area contributed by atoms with Gasteiger partial charge < -0.3 is 0 Å². The van der Waals surface area contributed by atoms with Crippen LogP contribution in [0.15, 0.2) is 42.5 Å². The molecule has 1 unspecified atom stereocenters. The van der Waals surface area contributed by atoms with Crippen molar-refractivity contribution in [1.29, 1.82) is 0 Å². The summed E-state index contributed by atoms with van der Waals surface area (Å²) in [6, 6.07) is 15.4. The van der Waals surface area contributed by atoms with Crippen LogP contribution in [0.25, 0.3) is 0 Å². The Kier molecular flexibility index (Phi) is 8.60. The third-order valence-corrected chi connectivity index (χ3v) is 6.75. The van der Waals surface area contributed by atoms with Crippen molar-refractivity contribution in [3.63, 3.8) is 0 Å². The molecule has 0 amide bonds. The lowest BCUT2D eigenvalue weighted by atomic mass is 9.85. The fourth-order valence-corrected chi connectivity index (χ4v) is 4.78. The molecule has 0 radical (unpaired) electrons. The van der Waals surface area contributed by atoms with Crippen LogP contribution in [0.5, 0.6) is 0 Å². The standard InChI is InChI=1S/C28H37NO2/c1-4-26(31)13-7-8-18-29(19-17-23-11-6-5-10-21(23)2)28-14-9-12-25-20-24(22(3)30)15-16-27(25)28/h5-6,10-11,15-16,20,28H,4,7-9,12-14,17-19H2,1-3H3. The summed E-state index contributed by atoms with van der Waals surface area (Å²) < 4.78 is 0. The first-order valence-corrected chi connectivity index (χ1v) is 11.9. The molecule has 2 aromatic carbocycles. The Morgan fingerprint density at radius 2 is 1.87 bits per heavy atom. The number of ketones is 2. The summed E-state index contributed by atoms with van der Waals surface area (Å²) >= 11 is 0. The fourth-order valence-electron chi connectivity index (χ4n) is 4.78. The number of nitrogens with zero attached hydrogens (tertiary/aromatic N) is 1. The highest BCUT2D eigenvalue weighted by Gasteiger charge is 2.26. The molecule has 3 nitrogen and oxygen atoms in total. The van der Waals surface area contributed by atoms with Crippen molar-refractivity contribution in [1.82, 2.24) is 4.90 Å². The molecule has 0 aliphatic heterocycles. The van der Waals surface area contributed by atoms with Crippen molar-refractivity contribution in [3.05, 3.63) is 70.3 Å². The van der Waals surface area contributed by atoms with E-state index in [1.54, 1.807) is 6.92 Å². The van der Waals surface area contributed by atoms with E-state index in [1.165, 1.54) is 22.3 Å². The lowest BCUT2D eigenvalue weighted by molar-refractivity contribution is -0.118. The number of hydrogen-bond acceptors (Lipinski definition) is 3. The van der Waals surface area contributed by atoms with Crippen LogP contribution in [0, 0.1) is 6.92 Å². The molecule has 3 rings (SSSR count). The van der Waals surface area contributed by atoms with Crippen molar-refractivity contribution in [3.8, 4) is 0 Å². The van der Waals surface area contributed by atoms with E-state index >= 15 is 0 Å². The van der Waals surface area contributed by atoms with Gasteiger partial charge in [-0.25, -0.2) is 0 Å². The molecule has 0 aromatic heterocycles. The fraction of sp³-hybridized carbons (Fsp3) is 0.500. The summed E-state index contributed by atoms with van der Waals surface area (Å²) in [5.41, 5.74) is 6.32. The van der Waals surface area contributed by atoms with Gasteiger partial charge in [-0.3, -0.25) is 14.5 Å². The van der Waals surface area contributed by atoms with Gasteiger partial charge >= 0.3 is 0 Å².